The quantitative estimate of drug-likeness (QED) is 0.617. The number of anilines is 1. The summed E-state index contributed by atoms with van der Waals surface area (Å²) in [6.07, 6.45) is -0.205. The molecule has 100 valence electrons. The summed E-state index contributed by atoms with van der Waals surface area (Å²) in [5.74, 6) is -0.839. The van der Waals surface area contributed by atoms with E-state index in [0.29, 0.717) is 11.3 Å². The molecule has 0 spiro atoms. The molecule has 18 heavy (non-hydrogen) atoms. The fourth-order valence-electron chi connectivity index (χ4n) is 1.27. The molecule has 0 bridgehead atoms. The SMILES string of the molecule is COC(=O)CCS(=O)(=O)Nc1ccc(O)c(C)c1. The summed E-state index contributed by atoms with van der Waals surface area (Å²) < 4.78 is 30.0. The van der Waals surface area contributed by atoms with Crippen molar-refractivity contribution in [2.75, 3.05) is 17.6 Å². The summed E-state index contributed by atoms with van der Waals surface area (Å²) in [6.45, 7) is 1.65. The van der Waals surface area contributed by atoms with Gasteiger partial charge < -0.3 is 9.84 Å². The Morgan fingerprint density at radius 2 is 2.11 bits per heavy atom. The first-order valence-electron chi connectivity index (χ1n) is 5.21. The fourth-order valence-corrected chi connectivity index (χ4v) is 2.29. The average Bonchev–Trinajstić information content (AvgIpc) is 2.30. The molecule has 0 unspecified atom stereocenters. The number of sulfonamides is 1. The van der Waals surface area contributed by atoms with Crippen LogP contribution in [0.25, 0.3) is 0 Å². The molecule has 0 amide bonds. The van der Waals surface area contributed by atoms with E-state index in [4.69, 9.17) is 0 Å². The van der Waals surface area contributed by atoms with Crippen molar-refractivity contribution < 1.29 is 23.1 Å². The number of aromatic hydroxyl groups is 1. The monoisotopic (exact) mass is 273 g/mol. The summed E-state index contributed by atoms with van der Waals surface area (Å²) in [4.78, 5) is 10.9. The molecule has 0 aliphatic heterocycles. The topological polar surface area (TPSA) is 92.7 Å². The number of esters is 1. The molecule has 0 heterocycles. The number of benzene rings is 1. The molecule has 1 rings (SSSR count). The number of hydrogen-bond donors (Lipinski definition) is 2. The number of methoxy groups -OCH3 is 1. The Labute approximate surface area is 106 Å². The third-order valence-electron chi connectivity index (χ3n) is 2.27. The predicted octanol–water partition coefficient (Wildman–Crippen LogP) is 1.01. The molecule has 1 aromatic rings. The van der Waals surface area contributed by atoms with Crippen molar-refractivity contribution in [3.8, 4) is 5.75 Å². The van der Waals surface area contributed by atoms with Gasteiger partial charge in [-0.1, -0.05) is 0 Å². The van der Waals surface area contributed by atoms with Gasteiger partial charge in [0.15, 0.2) is 0 Å². The number of nitrogens with one attached hydrogen (secondary N) is 1. The lowest BCUT2D eigenvalue weighted by Gasteiger charge is -2.08. The Morgan fingerprint density at radius 3 is 2.67 bits per heavy atom. The van der Waals surface area contributed by atoms with E-state index < -0.39 is 16.0 Å². The van der Waals surface area contributed by atoms with Crippen LogP contribution < -0.4 is 4.72 Å². The molecule has 0 saturated carbocycles. The lowest BCUT2D eigenvalue weighted by atomic mass is 10.2. The zero-order valence-electron chi connectivity index (χ0n) is 10.1. The largest absolute Gasteiger partial charge is 0.508 e. The molecule has 6 nitrogen and oxygen atoms in total. The first-order valence-corrected chi connectivity index (χ1v) is 6.86. The van der Waals surface area contributed by atoms with Crippen LogP contribution in [0.3, 0.4) is 0 Å². The summed E-state index contributed by atoms with van der Waals surface area (Å²) in [5.41, 5.74) is 0.901. The molecule has 1 aromatic carbocycles. The van der Waals surface area contributed by atoms with Crippen LogP contribution in [0.5, 0.6) is 5.75 Å². The highest BCUT2D eigenvalue weighted by Crippen LogP contribution is 2.20. The molecular weight excluding hydrogens is 258 g/mol. The molecule has 0 aliphatic carbocycles. The van der Waals surface area contributed by atoms with Crippen molar-refractivity contribution in [3.05, 3.63) is 23.8 Å². The summed E-state index contributed by atoms with van der Waals surface area (Å²) in [6, 6.07) is 4.34. The highest BCUT2D eigenvalue weighted by Gasteiger charge is 2.14. The minimum atomic E-state index is -3.60. The number of ether oxygens (including phenoxy) is 1. The third-order valence-corrected chi connectivity index (χ3v) is 3.56. The van der Waals surface area contributed by atoms with E-state index in [9.17, 15) is 18.3 Å². The number of carbonyl (C=O) groups excluding carboxylic acids is 1. The van der Waals surface area contributed by atoms with Gasteiger partial charge in [0.25, 0.3) is 0 Å². The average molecular weight is 273 g/mol. The van der Waals surface area contributed by atoms with Crippen LogP contribution in [0.4, 0.5) is 5.69 Å². The Bertz CT molecular complexity index is 538. The van der Waals surface area contributed by atoms with Crippen LogP contribution in [0.1, 0.15) is 12.0 Å². The minimum absolute atomic E-state index is 0.0903. The molecule has 0 fully saturated rings. The third kappa shape index (κ3) is 4.25. The van der Waals surface area contributed by atoms with Crippen LogP contribution in [-0.4, -0.2) is 32.4 Å². The zero-order chi connectivity index (χ0) is 13.8. The van der Waals surface area contributed by atoms with Gasteiger partial charge >= 0.3 is 5.97 Å². The molecule has 0 atom stereocenters. The van der Waals surface area contributed by atoms with Crippen molar-refractivity contribution in [2.24, 2.45) is 0 Å². The van der Waals surface area contributed by atoms with Gasteiger partial charge in [-0.15, -0.1) is 0 Å². The normalized spacial score (nSPS) is 11.0. The number of carbonyl (C=O) groups is 1. The molecule has 0 aromatic heterocycles. The number of aryl methyl sites for hydroxylation is 1. The molecule has 0 radical (unpaired) electrons. The number of phenols is 1. The van der Waals surface area contributed by atoms with Gasteiger partial charge in [-0.3, -0.25) is 9.52 Å². The standard InChI is InChI=1S/C11H15NO5S/c1-8-7-9(3-4-10(8)13)12-18(15,16)6-5-11(14)17-2/h3-4,7,12-13H,5-6H2,1-2H3. The molecule has 0 saturated heterocycles. The Balaban J connectivity index is 2.70. The van der Waals surface area contributed by atoms with E-state index in [1.165, 1.54) is 25.3 Å². The van der Waals surface area contributed by atoms with Crippen molar-refractivity contribution >= 4 is 21.7 Å². The minimum Gasteiger partial charge on any atom is -0.508 e. The molecule has 2 N–H and O–H groups in total. The van der Waals surface area contributed by atoms with E-state index in [1.54, 1.807) is 6.92 Å². The second kappa shape index (κ2) is 5.72. The van der Waals surface area contributed by atoms with Gasteiger partial charge in [0.05, 0.1) is 19.3 Å². The Morgan fingerprint density at radius 1 is 1.44 bits per heavy atom. The zero-order valence-corrected chi connectivity index (χ0v) is 11.0. The van der Waals surface area contributed by atoms with Gasteiger partial charge in [0.1, 0.15) is 5.75 Å². The number of rotatable bonds is 5. The summed E-state index contributed by atoms with van der Waals surface area (Å²) in [7, 11) is -2.40. The van der Waals surface area contributed by atoms with Gasteiger partial charge in [-0.25, -0.2) is 8.42 Å². The number of phenolic OH excluding ortho intramolecular Hbond substituents is 1. The summed E-state index contributed by atoms with van der Waals surface area (Å²) in [5, 5.41) is 9.31. The second-order valence-electron chi connectivity index (χ2n) is 3.75. The second-order valence-corrected chi connectivity index (χ2v) is 5.59. The van der Waals surface area contributed by atoms with Gasteiger partial charge in [-0.2, -0.15) is 0 Å². The first-order chi connectivity index (χ1) is 8.34. The van der Waals surface area contributed by atoms with E-state index in [0.717, 1.165) is 0 Å². The van der Waals surface area contributed by atoms with Crippen LogP contribution in [-0.2, 0) is 19.6 Å². The Kier molecular flexibility index (Phi) is 4.55. The maximum Gasteiger partial charge on any atom is 0.306 e. The van der Waals surface area contributed by atoms with Crippen molar-refractivity contribution in [3.63, 3.8) is 0 Å². The Hall–Kier alpha value is -1.76. The van der Waals surface area contributed by atoms with Crippen molar-refractivity contribution in [2.45, 2.75) is 13.3 Å². The molecular formula is C11H15NO5S. The van der Waals surface area contributed by atoms with E-state index in [1.807, 2.05) is 0 Å². The lowest BCUT2D eigenvalue weighted by molar-refractivity contribution is -0.140. The summed E-state index contributed by atoms with van der Waals surface area (Å²) >= 11 is 0. The molecule has 0 aliphatic rings. The van der Waals surface area contributed by atoms with Gasteiger partial charge in [0, 0.05) is 5.69 Å². The fraction of sp³-hybridized carbons (Fsp3) is 0.364. The van der Waals surface area contributed by atoms with Crippen LogP contribution in [0.2, 0.25) is 0 Å². The first kappa shape index (κ1) is 14.3. The molecule has 7 heteroatoms. The van der Waals surface area contributed by atoms with Gasteiger partial charge in [-0.05, 0) is 30.7 Å². The van der Waals surface area contributed by atoms with Crippen LogP contribution in [0, 0.1) is 6.92 Å². The highest BCUT2D eigenvalue weighted by atomic mass is 32.2. The van der Waals surface area contributed by atoms with Crippen LogP contribution >= 0.6 is 0 Å². The number of hydrogen-bond acceptors (Lipinski definition) is 5. The van der Waals surface area contributed by atoms with Crippen molar-refractivity contribution in [1.82, 2.24) is 0 Å². The maximum atomic E-state index is 11.6. The van der Waals surface area contributed by atoms with E-state index in [-0.39, 0.29) is 17.9 Å². The maximum absolute atomic E-state index is 11.6. The van der Waals surface area contributed by atoms with E-state index >= 15 is 0 Å². The predicted molar refractivity (Wildman–Crippen MR) is 66.9 cm³/mol. The highest BCUT2D eigenvalue weighted by molar-refractivity contribution is 7.92. The lowest BCUT2D eigenvalue weighted by Crippen LogP contribution is -2.19. The van der Waals surface area contributed by atoms with E-state index in [2.05, 4.69) is 9.46 Å². The van der Waals surface area contributed by atoms with Crippen LogP contribution in [0.15, 0.2) is 18.2 Å². The van der Waals surface area contributed by atoms with Crippen molar-refractivity contribution in [1.29, 1.82) is 0 Å². The smallest absolute Gasteiger partial charge is 0.306 e. The van der Waals surface area contributed by atoms with Gasteiger partial charge in [0.2, 0.25) is 10.0 Å².